The third-order valence-corrected chi connectivity index (χ3v) is 3.10. The topological polar surface area (TPSA) is 48.9 Å². The predicted molar refractivity (Wildman–Crippen MR) is 62.6 cm³/mol. The summed E-state index contributed by atoms with van der Waals surface area (Å²) in [6.07, 6.45) is 1.54. The van der Waals surface area contributed by atoms with Crippen LogP contribution in [0.3, 0.4) is 0 Å². The van der Waals surface area contributed by atoms with Crippen molar-refractivity contribution in [1.29, 1.82) is 0 Å². The maximum Gasteiger partial charge on any atom is 0.138 e. The van der Waals surface area contributed by atoms with Gasteiger partial charge < -0.3 is 10.1 Å². The third kappa shape index (κ3) is 2.03. The van der Waals surface area contributed by atoms with E-state index in [0.717, 1.165) is 0 Å². The largest absolute Gasteiger partial charge is 0.390 e. The predicted octanol–water partition coefficient (Wildman–Crippen LogP) is 2.31. The first-order valence-corrected chi connectivity index (χ1v) is 5.39. The van der Waals surface area contributed by atoms with Crippen LogP contribution in [0.4, 0.5) is 4.39 Å². The van der Waals surface area contributed by atoms with E-state index in [1.807, 2.05) is 22.6 Å². The molecule has 2 rings (SSSR count). The molecular weight excluding hydrogens is 310 g/mol. The summed E-state index contributed by atoms with van der Waals surface area (Å²) in [7, 11) is 0. The van der Waals surface area contributed by atoms with E-state index in [0.29, 0.717) is 20.7 Å². The fraction of sp³-hybridized carbons (Fsp3) is 0.100. The van der Waals surface area contributed by atoms with Crippen LogP contribution < -0.4 is 0 Å². The molecule has 0 fully saturated rings. The first-order chi connectivity index (χ1) is 7.22. The zero-order chi connectivity index (χ0) is 10.8. The van der Waals surface area contributed by atoms with Crippen LogP contribution in [-0.2, 0) is 6.61 Å². The molecule has 0 aliphatic heterocycles. The number of H-pyrrole nitrogens is 1. The van der Waals surface area contributed by atoms with Crippen LogP contribution >= 0.6 is 22.6 Å². The number of halogens is 2. The highest BCUT2D eigenvalue weighted by Gasteiger charge is 2.09. The fourth-order valence-electron chi connectivity index (χ4n) is 1.26. The van der Waals surface area contributed by atoms with Crippen LogP contribution in [0, 0.1) is 9.39 Å². The number of aliphatic hydroxyl groups is 1. The van der Waals surface area contributed by atoms with Crippen molar-refractivity contribution in [3.8, 4) is 11.4 Å². The molecule has 1 heterocycles. The SMILES string of the molecule is OCc1cnc(-c2cccc(F)c2I)[nH]1. The molecule has 0 spiro atoms. The molecule has 3 nitrogen and oxygen atoms in total. The minimum Gasteiger partial charge on any atom is -0.390 e. The monoisotopic (exact) mass is 318 g/mol. The Hall–Kier alpha value is -0.950. The van der Waals surface area contributed by atoms with Gasteiger partial charge in [0.1, 0.15) is 11.6 Å². The van der Waals surface area contributed by atoms with Gasteiger partial charge in [0.2, 0.25) is 0 Å². The van der Waals surface area contributed by atoms with Crippen molar-refractivity contribution in [1.82, 2.24) is 9.97 Å². The Morgan fingerprint density at radius 1 is 1.47 bits per heavy atom. The number of imidazole rings is 1. The summed E-state index contributed by atoms with van der Waals surface area (Å²) in [4.78, 5) is 6.99. The van der Waals surface area contributed by atoms with Gasteiger partial charge in [0.15, 0.2) is 0 Å². The van der Waals surface area contributed by atoms with Gasteiger partial charge in [-0.25, -0.2) is 9.37 Å². The van der Waals surface area contributed by atoms with Crippen LogP contribution in [0.2, 0.25) is 0 Å². The number of hydrogen-bond donors (Lipinski definition) is 2. The van der Waals surface area contributed by atoms with Crippen LogP contribution in [0.25, 0.3) is 11.4 Å². The molecule has 1 aromatic heterocycles. The smallest absolute Gasteiger partial charge is 0.138 e. The average Bonchev–Trinajstić information content (AvgIpc) is 2.70. The van der Waals surface area contributed by atoms with Crippen molar-refractivity contribution < 1.29 is 9.50 Å². The van der Waals surface area contributed by atoms with Crippen molar-refractivity contribution in [2.75, 3.05) is 0 Å². The summed E-state index contributed by atoms with van der Waals surface area (Å²) >= 11 is 1.93. The highest BCUT2D eigenvalue weighted by Crippen LogP contribution is 2.24. The zero-order valence-electron chi connectivity index (χ0n) is 7.67. The summed E-state index contributed by atoms with van der Waals surface area (Å²) in [5, 5.41) is 8.87. The van der Waals surface area contributed by atoms with Crippen LogP contribution in [0.5, 0.6) is 0 Å². The number of benzene rings is 1. The second kappa shape index (κ2) is 4.28. The molecule has 0 unspecified atom stereocenters. The highest BCUT2D eigenvalue weighted by atomic mass is 127. The number of rotatable bonds is 2. The lowest BCUT2D eigenvalue weighted by atomic mass is 10.2. The standard InChI is InChI=1S/C10H8FIN2O/c11-8-3-1-2-7(9(8)12)10-13-4-6(5-15)14-10/h1-4,15H,5H2,(H,13,14). The number of aromatic nitrogens is 2. The molecule has 0 saturated heterocycles. The number of nitrogens with zero attached hydrogens (tertiary/aromatic N) is 1. The van der Waals surface area contributed by atoms with Crippen molar-refractivity contribution in [2.45, 2.75) is 6.61 Å². The van der Waals surface area contributed by atoms with Crippen LogP contribution in [0.1, 0.15) is 5.69 Å². The normalized spacial score (nSPS) is 10.6. The Bertz CT molecular complexity index is 484. The molecule has 0 bridgehead atoms. The molecule has 0 saturated carbocycles. The van der Waals surface area contributed by atoms with E-state index in [2.05, 4.69) is 9.97 Å². The van der Waals surface area contributed by atoms with Crippen molar-refractivity contribution >= 4 is 22.6 Å². The van der Waals surface area contributed by atoms with Gasteiger partial charge in [0.25, 0.3) is 0 Å². The Balaban J connectivity index is 2.49. The number of aromatic amines is 1. The summed E-state index contributed by atoms with van der Waals surface area (Å²) in [6, 6.07) is 4.82. The molecule has 2 N–H and O–H groups in total. The van der Waals surface area contributed by atoms with Gasteiger partial charge in [-0.1, -0.05) is 6.07 Å². The molecule has 0 aliphatic rings. The lowest BCUT2D eigenvalue weighted by molar-refractivity contribution is 0.277. The van der Waals surface area contributed by atoms with E-state index in [1.54, 1.807) is 12.1 Å². The minimum absolute atomic E-state index is 0.0983. The van der Waals surface area contributed by atoms with E-state index in [-0.39, 0.29) is 12.4 Å². The average molecular weight is 318 g/mol. The second-order valence-corrected chi connectivity index (χ2v) is 4.10. The first kappa shape index (κ1) is 10.6. The maximum atomic E-state index is 13.3. The molecule has 1 aromatic carbocycles. The molecule has 0 radical (unpaired) electrons. The third-order valence-electron chi connectivity index (χ3n) is 2.01. The van der Waals surface area contributed by atoms with Gasteiger partial charge in [-0.15, -0.1) is 0 Å². The summed E-state index contributed by atoms with van der Waals surface area (Å²) in [5.74, 6) is 0.304. The first-order valence-electron chi connectivity index (χ1n) is 4.31. The molecule has 0 atom stereocenters. The van der Waals surface area contributed by atoms with Gasteiger partial charge in [-0.05, 0) is 34.7 Å². The quantitative estimate of drug-likeness (QED) is 0.835. The van der Waals surface area contributed by atoms with E-state index in [9.17, 15) is 4.39 Å². The Morgan fingerprint density at radius 2 is 2.27 bits per heavy atom. The maximum absolute atomic E-state index is 13.3. The molecule has 2 aromatic rings. The van der Waals surface area contributed by atoms with Crippen molar-refractivity contribution in [2.24, 2.45) is 0 Å². The number of aliphatic hydroxyl groups excluding tert-OH is 1. The number of nitrogens with one attached hydrogen (secondary N) is 1. The fourth-order valence-corrected chi connectivity index (χ4v) is 1.88. The lowest BCUT2D eigenvalue weighted by Gasteiger charge is -2.01. The van der Waals surface area contributed by atoms with Gasteiger partial charge in [0.05, 0.1) is 22.1 Å². The minimum atomic E-state index is -0.268. The number of hydrogen-bond acceptors (Lipinski definition) is 2. The van der Waals surface area contributed by atoms with Crippen LogP contribution in [0.15, 0.2) is 24.4 Å². The summed E-state index contributed by atoms with van der Waals surface area (Å²) in [5.41, 5.74) is 1.32. The van der Waals surface area contributed by atoms with E-state index < -0.39 is 0 Å². The Kier molecular flexibility index (Phi) is 3.01. The van der Waals surface area contributed by atoms with E-state index >= 15 is 0 Å². The highest BCUT2D eigenvalue weighted by molar-refractivity contribution is 14.1. The molecule has 0 amide bonds. The van der Waals surface area contributed by atoms with Gasteiger partial charge in [0, 0.05) is 5.56 Å². The van der Waals surface area contributed by atoms with Gasteiger partial charge >= 0.3 is 0 Å². The van der Waals surface area contributed by atoms with E-state index in [1.165, 1.54) is 12.3 Å². The van der Waals surface area contributed by atoms with Crippen LogP contribution in [-0.4, -0.2) is 15.1 Å². The Morgan fingerprint density at radius 3 is 2.93 bits per heavy atom. The molecule has 5 heteroatoms. The molecule has 0 aliphatic carbocycles. The molecule has 78 valence electrons. The van der Waals surface area contributed by atoms with Crippen molar-refractivity contribution in [3.63, 3.8) is 0 Å². The molecular formula is C10H8FIN2O. The zero-order valence-corrected chi connectivity index (χ0v) is 9.82. The molecule has 15 heavy (non-hydrogen) atoms. The lowest BCUT2D eigenvalue weighted by Crippen LogP contribution is -1.89. The van der Waals surface area contributed by atoms with E-state index in [4.69, 9.17) is 5.11 Å². The van der Waals surface area contributed by atoms with Crippen molar-refractivity contribution in [3.05, 3.63) is 39.5 Å². The Labute approximate surface area is 99.5 Å². The summed E-state index contributed by atoms with van der Waals surface area (Å²) in [6.45, 7) is -0.0983. The van der Waals surface area contributed by atoms with Gasteiger partial charge in [-0.2, -0.15) is 0 Å². The van der Waals surface area contributed by atoms with Gasteiger partial charge in [-0.3, -0.25) is 0 Å². The second-order valence-electron chi connectivity index (χ2n) is 3.02. The summed E-state index contributed by atoms with van der Waals surface area (Å²) < 4.78 is 13.8.